The van der Waals surface area contributed by atoms with Crippen molar-refractivity contribution in [1.82, 2.24) is 30.0 Å². The summed E-state index contributed by atoms with van der Waals surface area (Å²) >= 11 is 5.85. The molecule has 0 bridgehead atoms. The van der Waals surface area contributed by atoms with Crippen molar-refractivity contribution in [3.63, 3.8) is 0 Å². The van der Waals surface area contributed by atoms with E-state index in [1.165, 1.54) is 30.9 Å². The fraction of sp³-hybridized carbons (Fsp3) is 0.381. The third-order valence-corrected chi connectivity index (χ3v) is 7.21. The number of halogens is 4. The summed E-state index contributed by atoms with van der Waals surface area (Å²) in [4.78, 5) is 26.8. The van der Waals surface area contributed by atoms with Crippen LogP contribution in [0.15, 0.2) is 35.5 Å². The number of amides is 1. The summed E-state index contributed by atoms with van der Waals surface area (Å²) in [5.74, 6) is -1.16. The van der Waals surface area contributed by atoms with Crippen LogP contribution in [-0.4, -0.2) is 64.8 Å². The number of ether oxygens (including phenoxy) is 1. The van der Waals surface area contributed by atoms with Crippen molar-refractivity contribution in [2.24, 2.45) is 0 Å². The van der Waals surface area contributed by atoms with Gasteiger partial charge in [-0.1, -0.05) is 11.6 Å². The first kappa shape index (κ1) is 28.1. The topological polar surface area (TPSA) is 132 Å². The summed E-state index contributed by atoms with van der Waals surface area (Å²) < 4.78 is 69.1. The summed E-state index contributed by atoms with van der Waals surface area (Å²) in [6.07, 6.45) is -2.41. The SMILES string of the molecule is CC(NC(=O)c1cc(OC(F)(F)F)cc(S(=O)(=O)C(C)C)c1)c1nc(N(C)C)nn1-c1ncc(Cl)cn1. The Morgan fingerprint density at radius 3 is 2.30 bits per heavy atom. The highest BCUT2D eigenvalue weighted by atomic mass is 35.5. The molecular formula is C21H23ClF3N7O4S. The first-order chi connectivity index (χ1) is 17.1. The molecule has 0 saturated carbocycles. The van der Waals surface area contributed by atoms with Crippen LogP contribution in [0.2, 0.25) is 5.02 Å². The molecule has 3 aromatic rings. The van der Waals surface area contributed by atoms with Crippen molar-refractivity contribution >= 4 is 33.3 Å². The number of rotatable bonds is 8. The summed E-state index contributed by atoms with van der Waals surface area (Å²) in [5.41, 5.74) is -0.366. The monoisotopic (exact) mass is 561 g/mol. The van der Waals surface area contributed by atoms with Gasteiger partial charge >= 0.3 is 6.36 Å². The van der Waals surface area contributed by atoms with E-state index in [9.17, 15) is 26.4 Å². The zero-order chi connectivity index (χ0) is 27.7. The molecular weight excluding hydrogens is 539 g/mol. The number of nitrogens with one attached hydrogen (secondary N) is 1. The van der Waals surface area contributed by atoms with Gasteiger partial charge in [0.15, 0.2) is 15.7 Å². The van der Waals surface area contributed by atoms with E-state index in [0.29, 0.717) is 0 Å². The van der Waals surface area contributed by atoms with E-state index in [0.717, 1.165) is 18.2 Å². The van der Waals surface area contributed by atoms with Gasteiger partial charge in [0.25, 0.3) is 11.9 Å². The van der Waals surface area contributed by atoms with Crippen LogP contribution in [-0.2, 0) is 9.84 Å². The Labute approximate surface area is 215 Å². The molecule has 1 unspecified atom stereocenters. The molecule has 0 spiro atoms. The van der Waals surface area contributed by atoms with Gasteiger partial charge in [-0.25, -0.2) is 18.4 Å². The first-order valence-corrected chi connectivity index (χ1v) is 12.6. The third-order valence-electron chi connectivity index (χ3n) is 4.88. The van der Waals surface area contributed by atoms with Crippen LogP contribution < -0.4 is 15.0 Å². The molecule has 200 valence electrons. The Kier molecular flexibility index (Phi) is 7.97. The number of sulfone groups is 1. The fourth-order valence-corrected chi connectivity index (χ4v) is 4.23. The molecule has 11 nitrogen and oxygen atoms in total. The highest BCUT2D eigenvalue weighted by molar-refractivity contribution is 7.92. The molecule has 1 aromatic carbocycles. The molecule has 1 atom stereocenters. The molecule has 16 heteroatoms. The molecule has 0 aliphatic rings. The highest BCUT2D eigenvalue weighted by Crippen LogP contribution is 2.29. The Hall–Kier alpha value is -3.46. The lowest BCUT2D eigenvalue weighted by Gasteiger charge is -2.16. The van der Waals surface area contributed by atoms with E-state index in [-0.39, 0.29) is 28.3 Å². The molecule has 0 aliphatic heterocycles. The van der Waals surface area contributed by atoms with Gasteiger partial charge in [-0.05, 0) is 39.0 Å². The van der Waals surface area contributed by atoms with Crippen LogP contribution in [0.1, 0.15) is 43.0 Å². The van der Waals surface area contributed by atoms with Crippen LogP contribution >= 0.6 is 11.6 Å². The van der Waals surface area contributed by atoms with Crippen molar-refractivity contribution in [2.45, 2.75) is 43.3 Å². The normalized spacial score (nSPS) is 12.9. The lowest BCUT2D eigenvalue weighted by Crippen LogP contribution is -2.29. The number of nitrogens with zero attached hydrogens (tertiary/aromatic N) is 6. The standard InChI is InChI=1S/C21H23ClF3N7O4S/c1-11(2)37(34,35)16-7-13(6-15(8-16)36-21(23,24)25)18(33)28-12(3)17-29-20(31(4)5)30-32(17)19-26-9-14(22)10-27-19/h6-12H,1-5H3,(H,28,33). The number of anilines is 1. The van der Waals surface area contributed by atoms with Crippen molar-refractivity contribution in [1.29, 1.82) is 0 Å². The van der Waals surface area contributed by atoms with Crippen molar-refractivity contribution in [3.8, 4) is 11.7 Å². The summed E-state index contributed by atoms with van der Waals surface area (Å²) in [6, 6.07) is 1.64. The van der Waals surface area contributed by atoms with Gasteiger partial charge in [0.2, 0.25) is 5.95 Å². The first-order valence-electron chi connectivity index (χ1n) is 10.7. The van der Waals surface area contributed by atoms with Gasteiger partial charge in [-0.15, -0.1) is 18.3 Å². The Bertz CT molecular complexity index is 1390. The van der Waals surface area contributed by atoms with E-state index in [1.807, 2.05) is 0 Å². The number of carbonyl (C=O) groups is 1. The Morgan fingerprint density at radius 2 is 1.76 bits per heavy atom. The minimum atomic E-state index is -5.10. The second kappa shape index (κ2) is 10.5. The van der Waals surface area contributed by atoms with Crippen LogP contribution in [0.4, 0.5) is 19.1 Å². The summed E-state index contributed by atoms with van der Waals surface area (Å²) in [6.45, 7) is 4.28. The van der Waals surface area contributed by atoms with Crippen LogP contribution in [0.3, 0.4) is 0 Å². The molecule has 37 heavy (non-hydrogen) atoms. The van der Waals surface area contributed by atoms with E-state index in [4.69, 9.17) is 11.6 Å². The smallest absolute Gasteiger partial charge is 0.406 e. The van der Waals surface area contributed by atoms with Crippen molar-refractivity contribution in [2.75, 3.05) is 19.0 Å². The Morgan fingerprint density at radius 1 is 1.14 bits per heavy atom. The maximum Gasteiger partial charge on any atom is 0.573 e. The summed E-state index contributed by atoms with van der Waals surface area (Å²) in [7, 11) is -0.645. The van der Waals surface area contributed by atoms with Gasteiger partial charge in [0, 0.05) is 19.7 Å². The second-order valence-electron chi connectivity index (χ2n) is 8.31. The molecule has 2 heterocycles. The number of benzene rings is 1. The Balaban J connectivity index is 2.00. The lowest BCUT2D eigenvalue weighted by atomic mass is 10.2. The molecule has 3 rings (SSSR count). The number of alkyl halides is 3. The maximum atomic E-state index is 13.1. The van der Waals surface area contributed by atoms with Crippen molar-refractivity contribution in [3.05, 3.63) is 47.0 Å². The average Bonchev–Trinajstić information content (AvgIpc) is 3.24. The number of hydrogen-bond acceptors (Lipinski definition) is 9. The largest absolute Gasteiger partial charge is 0.573 e. The molecule has 0 radical (unpaired) electrons. The van der Waals surface area contributed by atoms with Gasteiger partial charge in [0.1, 0.15) is 5.75 Å². The number of hydrogen-bond donors (Lipinski definition) is 1. The fourth-order valence-electron chi connectivity index (χ4n) is 3.02. The minimum Gasteiger partial charge on any atom is -0.406 e. The zero-order valence-electron chi connectivity index (χ0n) is 20.3. The van der Waals surface area contributed by atoms with Crippen molar-refractivity contribution < 1.29 is 31.1 Å². The third kappa shape index (κ3) is 6.65. The predicted octanol–water partition coefficient (Wildman–Crippen LogP) is 3.35. The zero-order valence-corrected chi connectivity index (χ0v) is 21.9. The highest BCUT2D eigenvalue weighted by Gasteiger charge is 2.33. The minimum absolute atomic E-state index is 0.104. The predicted molar refractivity (Wildman–Crippen MR) is 128 cm³/mol. The second-order valence-corrected chi connectivity index (χ2v) is 11.2. The molecule has 1 N–H and O–H groups in total. The van der Waals surface area contributed by atoms with E-state index >= 15 is 0 Å². The number of aromatic nitrogens is 5. The van der Waals surface area contributed by atoms with E-state index in [1.54, 1.807) is 25.9 Å². The maximum absolute atomic E-state index is 13.1. The molecule has 0 fully saturated rings. The van der Waals surface area contributed by atoms with E-state index < -0.39 is 44.0 Å². The van der Waals surface area contributed by atoms with Crippen LogP contribution in [0.25, 0.3) is 5.95 Å². The van der Waals surface area contributed by atoms with Gasteiger partial charge < -0.3 is 15.0 Å². The van der Waals surface area contributed by atoms with E-state index in [2.05, 4.69) is 30.1 Å². The number of carbonyl (C=O) groups excluding carboxylic acids is 1. The molecule has 1 amide bonds. The average molecular weight is 562 g/mol. The van der Waals surface area contributed by atoms with Gasteiger partial charge in [0.05, 0.1) is 33.6 Å². The quantitative estimate of drug-likeness (QED) is 0.439. The van der Waals surface area contributed by atoms with Crippen LogP contribution in [0, 0.1) is 0 Å². The molecule has 0 aliphatic carbocycles. The molecule has 2 aromatic heterocycles. The molecule has 0 saturated heterocycles. The van der Waals surface area contributed by atoms with Gasteiger partial charge in [-0.3, -0.25) is 4.79 Å². The van der Waals surface area contributed by atoms with Crippen LogP contribution in [0.5, 0.6) is 5.75 Å². The van der Waals surface area contributed by atoms with Gasteiger partial charge in [-0.2, -0.15) is 9.67 Å². The lowest BCUT2D eigenvalue weighted by molar-refractivity contribution is -0.274. The summed E-state index contributed by atoms with van der Waals surface area (Å²) in [5, 5.41) is 6.24.